The SMILES string of the molecule is COCCN1C[C@@H](NC(=O)Nc2c(C)c(-c3cnc(C(=O)NC4CCOCC4)c(C)c3)nn2-c2ccccc2)[C@H](c2ccnc(F)c2)O1. The van der Waals surface area contributed by atoms with E-state index in [0.717, 1.165) is 18.5 Å². The maximum Gasteiger partial charge on any atom is 0.320 e. The van der Waals surface area contributed by atoms with E-state index >= 15 is 0 Å². The highest BCUT2D eigenvalue weighted by atomic mass is 19.1. The molecule has 0 unspecified atom stereocenters. The van der Waals surface area contributed by atoms with Gasteiger partial charge in [-0.15, -0.1) is 0 Å². The third-order valence-electron chi connectivity index (χ3n) is 8.45. The average Bonchev–Trinajstić information content (AvgIpc) is 3.64. The van der Waals surface area contributed by atoms with Gasteiger partial charge < -0.3 is 20.1 Å². The number of hydroxylamine groups is 2. The van der Waals surface area contributed by atoms with Crippen molar-refractivity contribution in [1.29, 1.82) is 0 Å². The monoisotopic (exact) mass is 658 g/mol. The molecule has 6 rings (SSSR count). The second kappa shape index (κ2) is 15.0. The van der Waals surface area contributed by atoms with Gasteiger partial charge in [0.2, 0.25) is 5.95 Å². The molecule has 3 N–H and O–H groups in total. The van der Waals surface area contributed by atoms with Crippen molar-refractivity contribution in [3.63, 3.8) is 0 Å². The zero-order valence-corrected chi connectivity index (χ0v) is 27.1. The first kappa shape index (κ1) is 33.2. The molecule has 3 aromatic heterocycles. The van der Waals surface area contributed by atoms with Crippen molar-refractivity contribution in [2.45, 2.75) is 44.9 Å². The summed E-state index contributed by atoms with van der Waals surface area (Å²) in [5.74, 6) is -0.405. The molecule has 4 aromatic rings. The molecule has 2 aliphatic heterocycles. The lowest BCUT2D eigenvalue weighted by molar-refractivity contribution is -0.154. The van der Waals surface area contributed by atoms with Crippen molar-refractivity contribution < 1.29 is 28.3 Å². The van der Waals surface area contributed by atoms with E-state index in [9.17, 15) is 14.0 Å². The van der Waals surface area contributed by atoms with Gasteiger partial charge in [-0.1, -0.05) is 18.2 Å². The van der Waals surface area contributed by atoms with Crippen molar-refractivity contribution in [2.75, 3.05) is 45.3 Å². The summed E-state index contributed by atoms with van der Waals surface area (Å²) in [4.78, 5) is 40.9. The number of halogens is 1. The maximum absolute atomic E-state index is 14.0. The highest BCUT2D eigenvalue weighted by Crippen LogP contribution is 2.32. The first-order valence-electron chi connectivity index (χ1n) is 15.9. The third-order valence-corrected chi connectivity index (χ3v) is 8.45. The van der Waals surface area contributed by atoms with E-state index in [0.29, 0.717) is 72.4 Å². The summed E-state index contributed by atoms with van der Waals surface area (Å²) in [6.45, 7) is 6.20. The minimum atomic E-state index is -0.642. The number of hydrogen-bond donors (Lipinski definition) is 3. The molecule has 0 aliphatic carbocycles. The van der Waals surface area contributed by atoms with E-state index in [-0.39, 0.29) is 11.9 Å². The lowest BCUT2D eigenvalue weighted by Gasteiger charge is -2.23. The number of amides is 3. The molecule has 0 spiro atoms. The number of anilines is 1. The van der Waals surface area contributed by atoms with Crippen LogP contribution in [0.1, 0.15) is 46.1 Å². The van der Waals surface area contributed by atoms with Crippen LogP contribution in [0.25, 0.3) is 16.9 Å². The zero-order chi connectivity index (χ0) is 33.6. The highest BCUT2D eigenvalue weighted by molar-refractivity contribution is 5.94. The predicted octanol–water partition coefficient (Wildman–Crippen LogP) is 4.12. The number of ether oxygens (including phenoxy) is 2. The molecule has 2 aliphatic rings. The molecule has 252 valence electrons. The van der Waals surface area contributed by atoms with Gasteiger partial charge in [0.15, 0.2) is 0 Å². The van der Waals surface area contributed by atoms with Crippen molar-refractivity contribution in [3.8, 4) is 16.9 Å². The Labute approximate surface area is 277 Å². The Morgan fingerprint density at radius 1 is 1.06 bits per heavy atom. The molecule has 0 bridgehead atoms. The quantitative estimate of drug-likeness (QED) is 0.214. The van der Waals surface area contributed by atoms with Gasteiger partial charge in [0, 0.05) is 63.0 Å². The molecule has 1 aromatic carbocycles. The Morgan fingerprint density at radius 3 is 2.58 bits per heavy atom. The number of benzene rings is 1. The molecule has 13 nitrogen and oxygen atoms in total. The summed E-state index contributed by atoms with van der Waals surface area (Å²) < 4.78 is 26.3. The van der Waals surface area contributed by atoms with Gasteiger partial charge in [-0.25, -0.2) is 14.5 Å². The molecule has 0 radical (unpaired) electrons. The predicted molar refractivity (Wildman–Crippen MR) is 175 cm³/mol. The van der Waals surface area contributed by atoms with E-state index in [1.165, 1.54) is 12.3 Å². The number of rotatable bonds is 10. The largest absolute Gasteiger partial charge is 0.383 e. The molecule has 5 heterocycles. The lowest BCUT2D eigenvalue weighted by Crippen LogP contribution is -2.42. The molecule has 3 amide bonds. The van der Waals surface area contributed by atoms with E-state index in [1.807, 2.05) is 50.2 Å². The van der Waals surface area contributed by atoms with Gasteiger partial charge in [0.25, 0.3) is 5.91 Å². The Hall–Kier alpha value is -4.76. The Bertz CT molecular complexity index is 1750. The van der Waals surface area contributed by atoms with Gasteiger partial charge in [-0.2, -0.15) is 14.6 Å². The maximum atomic E-state index is 14.0. The second-order valence-electron chi connectivity index (χ2n) is 11.8. The van der Waals surface area contributed by atoms with E-state index < -0.39 is 24.1 Å². The molecule has 48 heavy (non-hydrogen) atoms. The van der Waals surface area contributed by atoms with Gasteiger partial charge in [0.05, 0.1) is 24.0 Å². The summed E-state index contributed by atoms with van der Waals surface area (Å²) in [5, 5.41) is 15.7. The fraction of sp³-hybridized carbons (Fsp3) is 0.382. The van der Waals surface area contributed by atoms with E-state index in [1.54, 1.807) is 29.1 Å². The number of hydrogen-bond acceptors (Lipinski definition) is 9. The molecule has 2 atom stereocenters. The summed E-state index contributed by atoms with van der Waals surface area (Å²) in [6.07, 6.45) is 3.89. The topological polar surface area (TPSA) is 145 Å². The number of methoxy groups -OCH3 is 1. The molecule has 0 saturated carbocycles. The van der Waals surface area contributed by atoms with Crippen molar-refractivity contribution >= 4 is 17.8 Å². The van der Waals surface area contributed by atoms with Crippen LogP contribution in [-0.4, -0.2) is 88.9 Å². The Balaban J connectivity index is 1.25. The van der Waals surface area contributed by atoms with Crippen LogP contribution < -0.4 is 16.0 Å². The van der Waals surface area contributed by atoms with Crippen LogP contribution in [0.2, 0.25) is 0 Å². The summed E-state index contributed by atoms with van der Waals surface area (Å²) in [7, 11) is 1.60. The summed E-state index contributed by atoms with van der Waals surface area (Å²) >= 11 is 0. The Morgan fingerprint density at radius 2 is 1.85 bits per heavy atom. The highest BCUT2D eigenvalue weighted by Gasteiger charge is 2.37. The van der Waals surface area contributed by atoms with Crippen LogP contribution in [-0.2, 0) is 14.3 Å². The smallest absolute Gasteiger partial charge is 0.320 e. The van der Waals surface area contributed by atoms with Crippen LogP contribution in [0, 0.1) is 19.8 Å². The minimum absolute atomic E-state index is 0.0566. The van der Waals surface area contributed by atoms with E-state index in [2.05, 4.69) is 25.9 Å². The first-order valence-corrected chi connectivity index (χ1v) is 15.9. The van der Waals surface area contributed by atoms with Crippen LogP contribution in [0.15, 0.2) is 60.9 Å². The fourth-order valence-corrected chi connectivity index (χ4v) is 5.96. The van der Waals surface area contributed by atoms with E-state index in [4.69, 9.17) is 19.4 Å². The van der Waals surface area contributed by atoms with Gasteiger partial charge in [-0.05, 0) is 68.1 Å². The number of para-hydroxylation sites is 1. The standard InChI is InChI=1S/C34H39FN8O5/c1-21-17-24(19-37-29(21)33(44)38-25-10-14-47-15-11-25)30-22(2)32(43(41-30)26-7-5-4-6-8-26)40-34(45)39-27-20-42(13-16-46-3)48-31(27)23-9-12-36-28(35)18-23/h4-9,12,17-19,25,27,31H,10-11,13-16,20H2,1-3H3,(H,38,44)(H2,39,40,45)/t27-,31+/m1/s1. The van der Waals surface area contributed by atoms with Crippen LogP contribution >= 0.6 is 0 Å². The van der Waals surface area contributed by atoms with Crippen LogP contribution in [0.3, 0.4) is 0 Å². The van der Waals surface area contributed by atoms with Crippen molar-refractivity contribution in [3.05, 3.63) is 89.3 Å². The van der Waals surface area contributed by atoms with Crippen molar-refractivity contribution in [2.24, 2.45) is 0 Å². The molecule has 2 saturated heterocycles. The molecule has 2 fully saturated rings. The summed E-state index contributed by atoms with van der Waals surface area (Å²) in [6, 6.07) is 13.3. The number of pyridine rings is 2. The third kappa shape index (κ3) is 7.52. The van der Waals surface area contributed by atoms with Crippen molar-refractivity contribution in [1.82, 2.24) is 35.4 Å². The van der Waals surface area contributed by atoms with Gasteiger partial charge in [-0.3, -0.25) is 19.9 Å². The van der Waals surface area contributed by atoms with Gasteiger partial charge in [0.1, 0.15) is 17.6 Å². The van der Waals surface area contributed by atoms with Gasteiger partial charge >= 0.3 is 6.03 Å². The number of aromatic nitrogens is 4. The lowest BCUT2D eigenvalue weighted by atomic mass is 10.0. The molecular weight excluding hydrogens is 619 g/mol. The number of nitrogens with one attached hydrogen (secondary N) is 3. The number of urea groups is 1. The van der Waals surface area contributed by atoms with Crippen LogP contribution in [0.4, 0.5) is 15.0 Å². The average molecular weight is 659 g/mol. The Kier molecular flexibility index (Phi) is 10.3. The summed E-state index contributed by atoms with van der Waals surface area (Å²) in [5.41, 5.74) is 4.34. The second-order valence-corrected chi connectivity index (χ2v) is 11.8. The first-order chi connectivity index (χ1) is 23.3. The number of carbonyl (C=O) groups is 2. The van der Waals surface area contributed by atoms with Crippen LogP contribution in [0.5, 0.6) is 0 Å². The normalized spacial score (nSPS) is 18.5. The molecule has 14 heteroatoms. The zero-order valence-electron chi connectivity index (χ0n) is 27.1. The number of nitrogens with zero attached hydrogens (tertiary/aromatic N) is 5. The fourth-order valence-electron chi connectivity index (χ4n) is 5.96. The number of carbonyl (C=O) groups excluding carboxylic acids is 2. The minimum Gasteiger partial charge on any atom is -0.383 e. The number of aryl methyl sites for hydroxylation is 1. The molecular formula is C34H39FN8O5.